The van der Waals surface area contributed by atoms with Crippen LogP contribution < -0.4 is 15.0 Å². The number of hydrogen-bond acceptors (Lipinski definition) is 8. The second-order valence-electron chi connectivity index (χ2n) is 7.65. The number of nitrogens with zero attached hydrogens (tertiary/aromatic N) is 6. The first kappa shape index (κ1) is 23.2. The monoisotopic (exact) mass is 483 g/mol. The molecular weight excluding hydrogens is 459 g/mol. The van der Waals surface area contributed by atoms with E-state index in [-0.39, 0.29) is 24.9 Å². The summed E-state index contributed by atoms with van der Waals surface area (Å²) in [7, 11) is 0. The summed E-state index contributed by atoms with van der Waals surface area (Å²) in [4.78, 5) is 23.3. The van der Waals surface area contributed by atoms with Crippen molar-refractivity contribution >= 4 is 33.8 Å². The fourth-order valence-electron chi connectivity index (χ4n) is 3.71. The Morgan fingerprint density at radius 2 is 2.09 bits per heavy atom. The van der Waals surface area contributed by atoms with Crippen LogP contribution >= 0.6 is 11.3 Å². The number of nitrogens with one attached hydrogen (secondary N) is 1. The Hall–Kier alpha value is -2.96. The average molecular weight is 484 g/mol. The molecule has 0 bridgehead atoms. The summed E-state index contributed by atoms with van der Waals surface area (Å²) in [6.07, 6.45) is -0.510. The van der Waals surface area contributed by atoms with Gasteiger partial charge in [-0.1, -0.05) is 13.3 Å². The smallest absolute Gasteiger partial charge is 0.451 e. The fourth-order valence-corrected chi connectivity index (χ4v) is 4.83. The van der Waals surface area contributed by atoms with Crippen LogP contribution in [-0.4, -0.2) is 50.8 Å². The van der Waals surface area contributed by atoms with Gasteiger partial charge in [-0.05, 0) is 25.3 Å². The standard InChI is InChI=1S/C20H24F3N7O2S/c1-2-5-13-10-14-16(25-19(26-17(14)33-13)32-9-4-3-6-24-12-31)29-7-8-30-15(11-29)27-28-18(30)20(21,22)23/h10,12H,2-9,11H2,1H3,(H,24,31). The Morgan fingerprint density at radius 3 is 2.85 bits per heavy atom. The Balaban J connectivity index is 1.58. The number of aryl methyl sites for hydroxylation is 1. The maximum absolute atomic E-state index is 13.2. The number of rotatable bonds is 10. The third-order valence-electron chi connectivity index (χ3n) is 5.24. The molecule has 0 unspecified atom stereocenters. The van der Waals surface area contributed by atoms with E-state index in [0.717, 1.165) is 40.5 Å². The lowest BCUT2D eigenvalue weighted by Gasteiger charge is -2.29. The lowest BCUT2D eigenvalue weighted by molar-refractivity contribution is -0.147. The zero-order chi connectivity index (χ0) is 23.4. The molecule has 1 aliphatic rings. The van der Waals surface area contributed by atoms with Crippen LogP contribution in [0.15, 0.2) is 6.07 Å². The van der Waals surface area contributed by atoms with E-state index < -0.39 is 12.0 Å². The van der Waals surface area contributed by atoms with Crippen LogP contribution in [0.1, 0.15) is 42.7 Å². The molecule has 0 saturated heterocycles. The highest BCUT2D eigenvalue weighted by Gasteiger charge is 2.39. The summed E-state index contributed by atoms with van der Waals surface area (Å²) in [6, 6.07) is 2.28. The predicted molar refractivity (Wildman–Crippen MR) is 116 cm³/mol. The quantitative estimate of drug-likeness (QED) is 0.349. The van der Waals surface area contributed by atoms with Gasteiger partial charge >= 0.3 is 12.2 Å². The Kier molecular flexibility index (Phi) is 6.96. The first-order valence-electron chi connectivity index (χ1n) is 10.7. The average Bonchev–Trinajstić information content (AvgIpc) is 3.39. The van der Waals surface area contributed by atoms with Gasteiger partial charge in [-0.15, -0.1) is 21.5 Å². The number of carbonyl (C=O) groups is 1. The van der Waals surface area contributed by atoms with Crippen molar-refractivity contribution in [3.05, 3.63) is 22.6 Å². The predicted octanol–water partition coefficient (Wildman–Crippen LogP) is 3.18. The lowest BCUT2D eigenvalue weighted by atomic mass is 10.2. The van der Waals surface area contributed by atoms with Crippen LogP contribution in [0, 0.1) is 0 Å². The van der Waals surface area contributed by atoms with Crippen LogP contribution in [0.25, 0.3) is 10.2 Å². The molecule has 4 rings (SSSR count). The van der Waals surface area contributed by atoms with Gasteiger partial charge in [0.15, 0.2) is 5.82 Å². The number of amides is 1. The molecule has 0 spiro atoms. The van der Waals surface area contributed by atoms with Crippen molar-refractivity contribution in [3.8, 4) is 6.01 Å². The maximum atomic E-state index is 13.2. The van der Waals surface area contributed by atoms with Gasteiger partial charge in [0.1, 0.15) is 10.6 Å². The molecule has 1 aliphatic heterocycles. The third-order valence-corrected chi connectivity index (χ3v) is 6.32. The van der Waals surface area contributed by atoms with E-state index in [4.69, 9.17) is 4.74 Å². The van der Waals surface area contributed by atoms with E-state index in [1.54, 1.807) is 11.3 Å². The highest BCUT2D eigenvalue weighted by Crippen LogP contribution is 2.35. The Bertz CT molecular complexity index is 1120. The van der Waals surface area contributed by atoms with E-state index in [9.17, 15) is 18.0 Å². The molecule has 0 aliphatic carbocycles. The van der Waals surface area contributed by atoms with Crippen LogP contribution in [0.3, 0.4) is 0 Å². The molecule has 0 aromatic carbocycles. The van der Waals surface area contributed by atoms with Crippen LogP contribution in [-0.2, 0) is 30.5 Å². The number of thiophene rings is 1. The summed E-state index contributed by atoms with van der Waals surface area (Å²) in [5.41, 5.74) is 0. The second-order valence-corrected chi connectivity index (χ2v) is 8.76. The summed E-state index contributed by atoms with van der Waals surface area (Å²) in [5, 5.41) is 10.6. The first-order chi connectivity index (χ1) is 15.9. The third kappa shape index (κ3) is 5.18. The minimum Gasteiger partial charge on any atom is -0.463 e. The fraction of sp³-hybridized carbons (Fsp3) is 0.550. The van der Waals surface area contributed by atoms with Crippen molar-refractivity contribution in [3.63, 3.8) is 0 Å². The van der Waals surface area contributed by atoms with E-state index in [2.05, 4.69) is 32.4 Å². The molecule has 1 amide bonds. The van der Waals surface area contributed by atoms with Gasteiger partial charge in [-0.3, -0.25) is 4.79 Å². The molecule has 3 aromatic heterocycles. The molecule has 33 heavy (non-hydrogen) atoms. The molecule has 3 aromatic rings. The van der Waals surface area contributed by atoms with Crippen LogP contribution in [0.4, 0.5) is 19.0 Å². The molecular formula is C20H24F3N7O2S. The van der Waals surface area contributed by atoms with Gasteiger partial charge in [0.25, 0.3) is 0 Å². The molecule has 178 valence electrons. The SMILES string of the molecule is CCCc1cc2c(N3CCn4c(nnc4C(F)(F)F)C3)nc(OCCCCNC=O)nc2s1. The molecule has 1 N–H and O–H groups in total. The molecule has 13 heteroatoms. The van der Waals surface area contributed by atoms with Crippen molar-refractivity contribution in [2.75, 3.05) is 24.6 Å². The van der Waals surface area contributed by atoms with Gasteiger partial charge in [0.05, 0.1) is 18.5 Å². The largest absolute Gasteiger partial charge is 0.463 e. The minimum absolute atomic E-state index is 0.106. The van der Waals surface area contributed by atoms with E-state index in [0.29, 0.717) is 31.9 Å². The van der Waals surface area contributed by atoms with Crippen molar-refractivity contribution in [1.29, 1.82) is 0 Å². The highest BCUT2D eigenvalue weighted by atomic mass is 32.1. The molecule has 0 atom stereocenters. The van der Waals surface area contributed by atoms with Gasteiger partial charge in [-0.2, -0.15) is 23.1 Å². The molecule has 0 radical (unpaired) electrons. The normalized spacial score (nSPS) is 13.9. The topological polar surface area (TPSA) is 98.1 Å². The number of aromatic nitrogens is 5. The zero-order valence-corrected chi connectivity index (χ0v) is 18.9. The number of halogens is 3. The van der Waals surface area contributed by atoms with Crippen LogP contribution in [0.5, 0.6) is 6.01 Å². The van der Waals surface area contributed by atoms with Crippen LogP contribution in [0.2, 0.25) is 0 Å². The van der Waals surface area contributed by atoms with E-state index in [1.807, 2.05) is 11.0 Å². The van der Waals surface area contributed by atoms with Gasteiger partial charge in [-0.25, -0.2) is 0 Å². The number of unbranched alkanes of at least 4 members (excludes halogenated alkanes) is 1. The number of alkyl halides is 3. The van der Waals surface area contributed by atoms with Crippen molar-refractivity contribution in [1.82, 2.24) is 30.0 Å². The number of hydrogen-bond donors (Lipinski definition) is 1. The van der Waals surface area contributed by atoms with Gasteiger partial charge < -0.3 is 19.5 Å². The number of anilines is 1. The molecule has 9 nitrogen and oxygen atoms in total. The van der Waals surface area contributed by atoms with Gasteiger partial charge in [0.2, 0.25) is 12.2 Å². The highest BCUT2D eigenvalue weighted by molar-refractivity contribution is 7.18. The molecule has 0 saturated carbocycles. The number of fused-ring (bicyclic) bond motifs is 2. The lowest BCUT2D eigenvalue weighted by Crippen LogP contribution is -2.36. The van der Waals surface area contributed by atoms with Crippen molar-refractivity contribution < 1.29 is 22.7 Å². The summed E-state index contributed by atoms with van der Waals surface area (Å²) in [6.45, 7) is 3.65. The Labute approximate surface area is 192 Å². The zero-order valence-electron chi connectivity index (χ0n) is 18.1. The summed E-state index contributed by atoms with van der Waals surface area (Å²) >= 11 is 1.57. The Morgan fingerprint density at radius 1 is 1.24 bits per heavy atom. The van der Waals surface area contributed by atoms with E-state index in [1.165, 1.54) is 4.88 Å². The minimum atomic E-state index is -4.54. The number of ether oxygens (including phenoxy) is 1. The second kappa shape index (κ2) is 9.89. The van der Waals surface area contributed by atoms with Gasteiger partial charge in [0, 0.05) is 24.5 Å². The summed E-state index contributed by atoms with van der Waals surface area (Å²) in [5.74, 6) is -0.104. The number of carbonyl (C=O) groups excluding carboxylic acids is 1. The maximum Gasteiger partial charge on any atom is 0.451 e. The van der Waals surface area contributed by atoms with E-state index >= 15 is 0 Å². The van der Waals surface area contributed by atoms with Crippen molar-refractivity contribution in [2.45, 2.75) is 51.9 Å². The first-order valence-corrected chi connectivity index (χ1v) is 11.6. The molecule has 0 fully saturated rings. The molecule has 4 heterocycles. The summed E-state index contributed by atoms with van der Waals surface area (Å²) < 4.78 is 46.5. The van der Waals surface area contributed by atoms with Crippen molar-refractivity contribution in [2.24, 2.45) is 0 Å².